The van der Waals surface area contributed by atoms with E-state index in [-0.39, 0.29) is 17.3 Å². The summed E-state index contributed by atoms with van der Waals surface area (Å²) in [7, 11) is 1.45. The molecule has 0 aromatic carbocycles. The highest BCUT2D eigenvalue weighted by Crippen LogP contribution is 2.26. The van der Waals surface area contributed by atoms with E-state index < -0.39 is 11.2 Å². The number of nitrogens with zero attached hydrogens (tertiary/aromatic N) is 3. The van der Waals surface area contributed by atoms with Crippen LogP contribution in [-0.4, -0.2) is 20.7 Å². The standard InChI is InChI=1S/C15H21N5O2S/c1-5-6-17-14-18-10(8-23-14)11-12(16)20(7-9(2)3)15(22)19(4)13(11)21/h5,8-9H,1,6-7,16H2,2-4H3,(H,17,18). The Hall–Kier alpha value is -2.35. The molecule has 124 valence electrons. The van der Waals surface area contributed by atoms with E-state index in [1.165, 1.54) is 23.0 Å². The molecule has 23 heavy (non-hydrogen) atoms. The van der Waals surface area contributed by atoms with Gasteiger partial charge in [0.15, 0.2) is 5.13 Å². The average Bonchev–Trinajstić information content (AvgIpc) is 2.96. The van der Waals surface area contributed by atoms with Gasteiger partial charge in [-0.2, -0.15) is 0 Å². The van der Waals surface area contributed by atoms with E-state index in [2.05, 4.69) is 16.9 Å². The van der Waals surface area contributed by atoms with Crippen molar-refractivity contribution in [3.05, 3.63) is 38.9 Å². The second-order valence-corrected chi connectivity index (χ2v) is 6.48. The molecule has 0 aliphatic heterocycles. The molecule has 0 aliphatic carbocycles. The van der Waals surface area contributed by atoms with Gasteiger partial charge in [0, 0.05) is 25.5 Å². The number of anilines is 2. The number of nitrogen functional groups attached to an aromatic ring is 1. The van der Waals surface area contributed by atoms with Crippen LogP contribution in [-0.2, 0) is 13.6 Å². The van der Waals surface area contributed by atoms with Gasteiger partial charge in [0.2, 0.25) is 0 Å². The minimum absolute atomic E-state index is 0.160. The molecule has 0 saturated carbocycles. The maximum absolute atomic E-state index is 12.5. The first-order valence-corrected chi connectivity index (χ1v) is 8.14. The molecule has 0 spiro atoms. The van der Waals surface area contributed by atoms with E-state index in [1.807, 2.05) is 13.8 Å². The fourth-order valence-electron chi connectivity index (χ4n) is 2.19. The van der Waals surface area contributed by atoms with Gasteiger partial charge in [-0.15, -0.1) is 17.9 Å². The first-order chi connectivity index (χ1) is 10.9. The van der Waals surface area contributed by atoms with E-state index in [0.29, 0.717) is 23.9 Å². The molecular weight excluding hydrogens is 314 g/mol. The Balaban J connectivity index is 2.60. The number of nitrogens with one attached hydrogen (secondary N) is 1. The Labute approximate surface area is 138 Å². The fourth-order valence-corrected chi connectivity index (χ4v) is 2.91. The van der Waals surface area contributed by atoms with Crippen molar-refractivity contribution in [2.45, 2.75) is 20.4 Å². The summed E-state index contributed by atoms with van der Waals surface area (Å²) in [6.45, 7) is 8.62. The predicted molar refractivity (Wildman–Crippen MR) is 95.0 cm³/mol. The minimum atomic E-state index is -0.437. The van der Waals surface area contributed by atoms with Crippen LogP contribution >= 0.6 is 11.3 Å². The molecule has 0 amide bonds. The lowest BCUT2D eigenvalue weighted by molar-refractivity contribution is 0.494. The average molecular weight is 335 g/mol. The summed E-state index contributed by atoms with van der Waals surface area (Å²) in [5.41, 5.74) is 6.00. The number of hydrogen-bond donors (Lipinski definition) is 2. The Kier molecular flexibility index (Phi) is 5.05. The zero-order valence-electron chi connectivity index (χ0n) is 13.5. The zero-order valence-corrected chi connectivity index (χ0v) is 14.3. The number of thiazole rings is 1. The van der Waals surface area contributed by atoms with Gasteiger partial charge in [0.1, 0.15) is 11.4 Å². The minimum Gasteiger partial charge on any atom is -0.384 e. The number of aromatic nitrogens is 3. The van der Waals surface area contributed by atoms with Crippen LogP contribution in [0.4, 0.5) is 10.9 Å². The van der Waals surface area contributed by atoms with Crippen molar-refractivity contribution in [1.29, 1.82) is 0 Å². The van der Waals surface area contributed by atoms with E-state index in [0.717, 1.165) is 4.57 Å². The summed E-state index contributed by atoms with van der Waals surface area (Å²) in [6.07, 6.45) is 1.72. The molecule has 7 nitrogen and oxygen atoms in total. The zero-order chi connectivity index (χ0) is 17.1. The molecule has 0 bridgehead atoms. The molecule has 0 fully saturated rings. The molecule has 0 unspecified atom stereocenters. The first kappa shape index (κ1) is 17.0. The Morgan fingerprint density at radius 3 is 2.78 bits per heavy atom. The smallest absolute Gasteiger partial charge is 0.332 e. The molecule has 0 aliphatic rings. The molecule has 2 rings (SSSR count). The first-order valence-electron chi connectivity index (χ1n) is 7.26. The third-order valence-corrected chi connectivity index (χ3v) is 4.09. The lowest BCUT2D eigenvalue weighted by Gasteiger charge is -2.15. The lowest BCUT2D eigenvalue weighted by Crippen LogP contribution is -2.41. The number of rotatable bonds is 6. The van der Waals surface area contributed by atoms with E-state index in [9.17, 15) is 9.59 Å². The van der Waals surface area contributed by atoms with E-state index in [4.69, 9.17) is 5.73 Å². The molecule has 3 N–H and O–H groups in total. The molecule has 2 aromatic heterocycles. The second-order valence-electron chi connectivity index (χ2n) is 5.62. The van der Waals surface area contributed by atoms with Crippen LogP contribution in [0.2, 0.25) is 0 Å². The van der Waals surface area contributed by atoms with Crippen molar-refractivity contribution in [3.8, 4) is 11.3 Å². The highest BCUT2D eigenvalue weighted by molar-refractivity contribution is 7.14. The Morgan fingerprint density at radius 1 is 1.48 bits per heavy atom. The molecule has 0 radical (unpaired) electrons. The van der Waals surface area contributed by atoms with Crippen molar-refractivity contribution in [2.75, 3.05) is 17.6 Å². The molecule has 2 heterocycles. The number of hydrogen-bond acceptors (Lipinski definition) is 6. The molecule has 8 heteroatoms. The maximum Gasteiger partial charge on any atom is 0.332 e. The largest absolute Gasteiger partial charge is 0.384 e. The van der Waals surface area contributed by atoms with Gasteiger partial charge in [0.25, 0.3) is 5.56 Å². The fraction of sp³-hybridized carbons (Fsp3) is 0.400. The molecular formula is C15H21N5O2S. The van der Waals surface area contributed by atoms with Crippen molar-refractivity contribution in [2.24, 2.45) is 13.0 Å². The molecule has 2 aromatic rings. The Morgan fingerprint density at radius 2 is 2.17 bits per heavy atom. The lowest BCUT2D eigenvalue weighted by atomic mass is 10.2. The van der Waals surface area contributed by atoms with Gasteiger partial charge < -0.3 is 11.1 Å². The van der Waals surface area contributed by atoms with Crippen LogP contribution in [0.5, 0.6) is 0 Å². The van der Waals surface area contributed by atoms with Crippen LogP contribution < -0.4 is 22.3 Å². The summed E-state index contributed by atoms with van der Waals surface area (Å²) in [5.74, 6) is 0.382. The second kappa shape index (κ2) is 6.82. The monoisotopic (exact) mass is 335 g/mol. The highest BCUT2D eigenvalue weighted by Gasteiger charge is 2.19. The summed E-state index contributed by atoms with van der Waals surface area (Å²) < 4.78 is 2.50. The van der Waals surface area contributed by atoms with Crippen LogP contribution in [0.1, 0.15) is 13.8 Å². The van der Waals surface area contributed by atoms with Gasteiger partial charge in [-0.3, -0.25) is 13.9 Å². The summed E-state index contributed by atoms with van der Waals surface area (Å²) in [5, 5.41) is 5.49. The maximum atomic E-state index is 12.5. The SMILES string of the molecule is C=CCNc1nc(-c2c(N)n(CC(C)C)c(=O)n(C)c2=O)cs1. The van der Waals surface area contributed by atoms with Crippen LogP contribution in [0.15, 0.2) is 27.6 Å². The Bertz CT molecular complexity index is 831. The van der Waals surface area contributed by atoms with Gasteiger partial charge in [0.05, 0.1) is 5.69 Å². The molecule has 0 atom stereocenters. The number of nitrogens with two attached hydrogens (primary N) is 1. The van der Waals surface area contributed by atoms with Crippen molar-refractivity contribution >= 4 is 22.3 Å². The van der Waals surface area contributed by atoms with Crippen LogP contribution in [0.3, 0.4) is 0 Å². The van der Waals surface area contributed by atoms with Gasteiger partial charge >= 0.3 is 5.69 Å². The highest BCUT2D eigenvalue weighted by atomic mass is 32.1. The van der Waals surface area contributed by atoms with Gasteiger partial charge in [-0.1, -0.05) is 19.9 Å². The third-order valence-electron chi connectivity index (χ3n) is 3.29. The third kappa shape index (κ3) is 3.37. The summed E-state index contributed by atoms with van der Waals surface area (Å²) in [4.78, 5) is 29.1. The van der Waals surface area contributed by atoms with Crippen LogP contribution in [0, 0.1) is 5.92 Å². The molecule has 0 saturated heterocycles. The quantitative estimate of drug-likeness (QED) is 0.780. The topological polar surface area (TPSA) is 94.9 Å². The van der Waals surface area contributed by atoms with Crippen molar-refractivity contribution in [1.82, 2.24) is 14.1 Å². The normalized spacial score (nSPS) is 11.0. The predicted octanol–water partition coefficient (Wildman–Crippen LogP) is 1.51. The summed E-state index contributed by atoms with van der Waals surface area (Å²) >= 11 is 1.37. The van der Waals surface area contributed by atoms with Gasteiger partial charge in [-0.25, -0.2) is 9.78 Å². The van der Waals surface area contributed by atoms with Gasteiger partial charge in [-0.05, 0) is 5.92 Å². The summed E-state index contributed by atoms with van der Waals surface area (Å²) in [6, 6.07) is 0. The van der Waals surface area contributed by atoms with Crippen molar-refractivity contribution in [3.63, 3.8) is 0 Å². The van der Waals surface area contributed by atoms with Crippen LogP contribution in [0.25, 0.3) is 11.3 Å². The van der Waals surface area contributed by atoms with Crippen molar-refractivity contribution < 1.29 is 0 Å². The van der Waals surface area contributed by atoms with E-state index >= 15 is 0 Å². The van der Waals surface area contributed by atoms with E-state index in [1.54, 1.807) is 11.5 Å².